The lowest BCUT2D eigenvalue weighted by atomic mass is 9.93. The Kier molecular flexibility index (Phi) is 3.84. The van der Waals surface area contributed by atoms with Gasteiger partial charge in [0.1, 0.15) is 5.75 Å². The van der Waals surface area contributed by atoms with Gasteiger partial charge in [-0.15, -0.1) is 0 Å². The largest absolute Gasteiger partial charge is 0.497 e. The van der Waals surface area contributed by atoms with E-state index in [0.717, 1.165) is 23.6 Å². The predicted molar refractivity (Wildman–Crippen MR) is 76.5 cm³/mol. The molecule has 0 spiro atoms. The molecule has 19 heavy (non-hydrogen) atoms. The van der Waals surface area contributed by atoms with Crippen LogP contribution in [-0.2, 0) is 11.8 Å². The molecule has 0 aliphatic heterocycles. The molecular formula is C16H20N2O. The lowest BCUT2D eigenvalue weighted by Crippen LogP contribution is -2.14. The molecule has 1 aromatic heterocycles. The minimum atomic E-state index is 0.0432. The van der Waals surface area contributed by atoms with E-state index in [1.54, 1.807) is 7.11 Å². The van der Waals surface area contributed by atoms with Gasteiger partial charge in [0, 0.05) is 24.2 Å². The van der Waals surface area contributed by atoms with Crippen LogP contribution in [0, 0.1) is 0 Å². The second-order valence-corrected chi connectivity index (χ2v) is 5.67. The number of benzene rings is 1. The SMILES string of the molecule is COc1cccc(Cc2cnc(C(C)(C)C)cn2)c1. The molecule has 0 bridgehead atoms. The number of ether oxygens (including phenoxy) is 1. The van der Waals surface area contributed by atoms with Crippen molar-refractivity contribution in [2.75, 3.05) is 7.11 Å². The first-order valence-corrected chi connectivity index (χ1v) is 6.43. The third-order valence-electron chi connectivity index (χ3n) is 2.99. The van der Waals surface area contributed by atoms with Crippen molar-refractivity contribution in [1.29, 1.82) is 0 Å². The molecule has 0 saturated carbocycles. The van der Waals surface area contributed by atoms with Gasteiger partial charge in [-0.1, -0.05) is 32.9 Å². The van der Waals surface area contributed by atoms with Crippen molar-refractivity contribution in [3.05, 3.63) is 53.6 Å². The maximum absolute atomic E-state index is 5.22. The summed E-state index contributed by atoms with van der Waals surface area (Å²) in [6.45, 7) is 6.41. The van der Waals surface area contributed by atoms with E-state index < -0.39 is 0 Å². The summed E-state index contributed by atoms with van der Waals surface area (Å²) in [5, 5.41) is 0. The molecule has 3 heteroatoms. The third kappa shape index (κ3) is 3.53. The summed E-state index contributed by atoms with van der Waals surface area (Å²) >= 11 is 0. The number of methoxy groups -OCH3 is 1. The van der Waals surface area contributed by atoms with Gasteiger partial charge in [-0.25, -0.2) is 0 Å². The maximum Gasteiger partial charge on any atom is 0.119 e. The Morgan fingerprint density at radius 2 is 1.89 bits per heavy atom. The van der Waals surface area contributed by atoms with Gasteiger partial charge in [-0.3, -0.25) is 9.97 Å². The molecule has 0 unspecified atom stereocenters. The quantitative estimate of drug-likeness (QED) is 0.844. The van der Waals surface area contributed by atoms with E-state index in [9.17, 15) is 0 Å². The number of nitrogens with zero attached hydrogens (tertiary/aromatic N) is 2. The molecule has 1 heterocycles. The first kappa shape index (κ1) is 13.5. The van der Waals surface area contributed by atoms with Crippen molar-refractivity contribution in [3.8, 4) is 5.75 Å². The van der Waals surface area contributed by atoms with E-state index in [1.807, 2.05) is 30.6 Å². The molecule has 2 rings (SSSR count). The standard InChI is InChI=1S/C16H20N2O/c1-16(2,3)15-11-17-13(10-18-15)8-12-6-5-7-14(9-12)19-4/h5-7,9-11H,8H2,1-4H3. The highest BCUT2D eigenvalue weighted by molar-refractivity contribution is 5.30. The van der Waals surface area contributed by atoms with E-state index in [0.29, 0.717) is 0 Å². The van der Waals surface area contributed by atoms with Crippen molar-refractivity contribution >= 4 is 0 Å². The molecule has 0 aliphatic carbocycles. The molecule has 1 aromatic carbocycles. The fourth-order valence-electron chi connectivity index (χ4n) is 1.82. The molecule has 0 fully saturated rings. The Balaban J connectivity index is 2.15. The highest BCUT2D eigenvalue weighted by atomic mass is 16.5. The highest BCUT2D eigenvalue weighted by Crippen LogP contribution is 2.19. The van der Waals surface area contributed by atoms with Gasteiger partial charge >= 0.3 is 0 Å². The normalized spacial score (nSPS) is 11.4. The van der Waals surface area contributed by atoms with E-state index in [4.69, 9.17) is 4.74 Å². The zero-order chi connectivity index (χ0) is 13.9. The molecule has 0 saturated heterocycles. The van der Waals surface area contributed by atoms with E-state index >= 15 is 0 Å². The molecular weight excluding hydrogens is 236 g/mol. The summed E-state index contributed by atoms with van der Waals surface area (Å²) in [6.07, 6.45) is 4.50. The summed E-state index contributed by atoms with van der Waals surface area (Å²) in [7, 11) is 1.68. The molecule has 0 atom stereocenters. The van der Waals surface area contributed by atoms with Crippen LogP contribution in [0.3, 0.4) is 0 Å². The predicted octanol–water partition coefficient (Wildman–Crippen LogP) is 3.37. The number of aromatic nitrogens is 2. The maximum atomic E-state index is 5.22. The molecule has 100 valence electrons. The smallest absolute Gasteiger partial charge is 0.119 e. The van der Waals surface area contributed by atoms with Crippen LogP contribution in [0.4, 0.5) is 0 Å². The molecule has 0 radical (unpaired) electrons. The van der Waals surface area contributed by atoms with Gasteiger partial charge in [0.15, 0.2) is 0 Å². The van der Waals surface area contributed by atoms with Gasteiger partial charge in [0.25, 0.3) is 0 Å². The molecule has 3 nitrogen and oxygen atoms in total. The van der Waals surface area contributed by atoms with Crippen molar-refractivity contribution in [1.82, 2.24) is 9.97 Å². The molecule has 0 N–H and O–H groups in total. The summed E-state index contributed by atoms with van der Waals surface area (Å²) < 4.78 is 5.22. The van der Waals surface area contributed by atoms with E-state index in [1.165, 1.54) is 5.56 Å². The molecule has 0 aliphatic rings. The third-order valence-corrected chi connectivity index (χ3v) is 2.99. The van der Waals surface area contributed by atoms with Crippen molar-refractivity contribution in [2.45, 2.75) is 32.6 Å². The zero-order valence-electron chi connectivity index (χ0n) is 12.0. The summed E-state index contributed by atoms with van der Waals surface area (Å²) in [6, 6.07) is 8.03. The van der Waals surface area contributed by atoms with Crippen molar-refractivity contribution in [3.63, 3.8) is 0 Å². The fraction of sp³-hybridized carbons (Fsp3) is 0.375. The van der Waals surface area contributed by atoms with Crippen LogP contribution < -0.4 is 4.74 Å². The summed E-state index contributed by atoms with van der Waals surface area (Å²) in [5.74, 6) is 0.872. The van der Waals surface area contributed by atoms with E-state index in [2.05, 4.69) is 36.8 Å². The van der Waals surface area contributed by atoms with Crippen LogP contribution in [0.1, 0.15) is 37.7 Å². The Bertz CT molecular complexity index is 541. The van der Waals surface area contributed by atoms with Gasteiger partial charge < -0.3 is 4.74 Å². The first-order chi connectivity index (χ1) is 8.99. The van der Waals surface area contributed by atoms with Crippen LogP contribution in [0.2, 0.25) is 0 Å². The van der Waals surface area contributed by atoms with Crippen LogP contribution in [0.25, 0.3) is 0 Å². The lowest BCUT2D eigenvalue weighted by molar-refractivity contribution is 0.414. The van der Waals surface area contributed by atoms with Gasteiger partial charge in [-0.05, 0) is 17.7 Å². The average Bonchev–Trinajstić information content (AvgIpc) is 2.38. The minimum absolute atomic E-state index is 0.0432. The van der Waals surface area contributed by atoms with Crippen molar-refractivity contribution in [2.24, 2.45) is 0 Å². The second-order valence-electron chi connectivity index (χ2n) is 5.67. The van der Waals surface area contributed by atoms with Gasteiger partial charge in [0.2, 0.25) is 0 Å². The monoisotopic (exact) mass is 256 g/mol. The number of rotatable bonds is 3. The van der Waals surface area contributed by atoms with Crippen LogP contribution in [0.15, 0.2) is 36.7 Å². The van der Waals surface area contributed by atoms with Gasteiger partial charge in [0.05, 0.1) is 18.5 Å². The molecule has 2 aromatic rings. The Hall–Kier alpha value is -1.90. The van der Waals surface area contributed by atoms with Crippen LogP contribution in [-0.4, -0.2) is 17.1 Å². The minimum Gasteiger partial charge on any atom is -0.497 e. The average molecular weight is 256 g/mol. The zero-order valence-corrected chi connectivity index (χ0v) is 12.0. The fourth-order valence-corrected chi connectivity index (χ4v) is 1.82. The van der Waals surface area contributed by atoms with E-state index in [-0.39, 0.29) is 5.41 Å². The number of hydrogen-bond donors (Lipinski definition) is 0. The lowest BCUT2D eigenvalue weighted by Gasteiger charge is -2.16. The first-order valence-electron chi connectivity index (χ1n) is 6.43. The second kappa shape index (κ2) is 5.39. The topological polar surface area (TPSA) is 35.0 Å². The Morgan fingerprint density at radius 3 is 2.47 bits per heavy atom. The van der Waals surface area contributed by atoms with Crippen LogP contribution in [0.5, 0.6) is 5.75 Å². The van der Waals surface area contributed by atoms with Crippen LogP contribution >= 0.6 is 0 Å². The molecule has 0 amide bonds. The highest BCUT2D eigenvalue weighted by Gasteiger charge is 2.15. The van der Waals surface area contributed by atoms with Gasteiger partial charge in [-0.2, -0.15) is 0 Å². The summed E-state index contributed by atoms with van der Waals surface area (Å²) in [5.41, 5.74) is 3.21. The summed E-state index contributed by atoms with van der Waals surface area (Å²) in [4.78, 5) is 8.99. The Morgan fingerprint density at radius 1 is 1.11 bits per heavy atom. The number of hydrogen-bond acceptors (Lipinski definition) is 3. The Labute approximate surface area is 114 Å². The van der Waals surface area contributed by atoms with Crippen molar-refractivity contribution < 1.29 is 4.74 Å².